The maximum absolute atomic E-state index is 13.3. The van der Waals surface area contributed by atoms with Crippen LogP contribution >= 0.6 is 23.4 Å². The molecule has 3 nitrogen and oxygen atoms in total. The second-order valence-electron chi connectivity index (χ2n) is 5.84. The summed E-state index contributed by atoms with van der Waals surface area (Å²) in [6.45, 7) is 3.51. The molecule has 27 heavy (non-hydrogen) atoms. The van der Waals surface area contributed by atoms with Crippen molar-refractivity contribution in [3.8, 4) is 0 Å². The highest BCUT2D eigenvalue weighted by molar-refractivity contribution is 7.99. The summed E-state index contributed by atoms with van der Waals surface area (Å²) in [7, 11) is 0. The fourth-order valence-corrected chi connectivity index (χ4v) is 3.95. The maximum atomic E-state index is 13.3. The van der Waals surface area contributed by atoms with Crippen LogP contribution < -0.4 is 0 Å². The van der Waals surface area contributed by atoms with E-state index in [1.54, 1.807) is 19.1 Å². The van der Waals surface area contributed by atoms with Crippen LogP contribution in [0.3, 0.4) is 0 Å². The largest absolute Gasteiger partial charge is 0.462 e. The Bertz CT molecular complexity index is 1010. The van der Waals surface area contributed by atoms with Crippen LogP contribution in [0.5, 0.6) is 0 Å². The van der Waals surface area contributed by atoms with Crippen LogP contribution in [-0.2, 0) is 10.9 Å². The molecule has 0 fully saturated rings. The number of hydrogen-bond acceptors (Lipinski definition) is 3. The molecule has 0 saturated carbocycles. The smallest absolute Gasteiger partial charge is 0.416 e. The summed E-state index contributed by atoms with van der Waals surface area (Å²) in [5.74, 6) is -0.784. The third-order valence-corrected chi connectivity index (χ3v) is 5.29. The van der Waals surface area contributed by atoms with Crippen molar-refractivity contribution in [2.45, 2.75) is 29.8 Å². The van der Waals surface area contributed by atoms with E-state index in [-0.39, 0.29) is 12.2 Å². The quantitative estimate of drug-likeness (QED) is 0.498. The second-order valence-corrected chi connectivity index (χ2v) is 7.36. The first-order valence-electron chi connectivity index (χ1n) is 8.04. The van der Waals surface area contributed by atoms with E-state index in [0.29, 0.717) is 9.92 Å². The van der Waals surface area contributed by atoms with Gasteiger partial charge in [0.25, 0.3) is 0 Å². The first-order valence-corrected chi connectivity index (χ1v) is 9.23. The molecule has 0 amide bonds. The Morgan fingerprint density at radius 1 is 1.22 bits per heavy atom. The van der Waals surface area contributed by atoms with Crippen molar-refractivity contribution in [3.63, 3.8) is 0 Å². The summed E-state index contributed by atoms with van der Waals surface area (Å²) in [4.78, 5) is 16.2. The first-order chi connectivity index (χ1) is 12.7. The minimum Gasteiger partial charge on any atom is -0.462 e. The molecule has 0 radical (unpaired) electrons. The molecular formula is C19H15ClF3NO2S. The van der Waals surface area contributed by atoms with Gasteiger partial charge in [-0.2, -0.15) is 13.2 Å². The monoisotopic (exact) mass is 413 g/mol. The number of carbonyl (C=O) groups excluding carboxylic acids is 1. The van der Waals surface area contributed by atoms with Crippen LogP contribution in [0.1, 0.15) is 28.5 Å². The van der Waals surface area contributed by atoms with E-state index in [2.05, 4.69) is 4.98 Å². The molecule has 8 heteroatoms. The lowest BCUT2D eigenvalue weighted by Gasteiger charge is -2.12. The molecule has 3 rings (SSSR count). The maximum Gasteiger partial charge on any atom is 0.416 e. The van der Waals surface area contributed by atoms with E-state index in [4.69, 9.17) is 16.3 Å². The molecule has 0 aliphatic rings. The van der Waals surface area contributed by atoms with Gasteiger partial charge in [0.15, 0.2) is 0 Å². The van der Waals surface area contributed by atoms with Crippen molar-refractivity contribution in [2.24, 2.45) is 0 Å². The zero-order valence-corrected chi connectivity index (χ0v) is 16.0. The van der Waals surface area contributed by atoms with E-state index in [1.165, 1.54) is 6.07 Å². The van der Waals surface area contributed by atoms with Gasteiger partial charge < -0.3 is 9.72 Å². The number of aromatic nitrogens is 1. The van der Waals surface area contributed by atoms with E-state index < -0.39 is 17.7 Å². The predicted octanol–water partition coefficient (Wildman–Crippen LogP) is 6.48. The molecule has 2 aromatic carbocycles. The van der Waals surface area contributed by atoms with Gasteiger partial charge in [-0.15, -0.1) is 0 Å². The number of nitrogens with one attached hydrogen (secondary N) is 1. The number of H-pyrrole nitrogens is 1. The van der Waals surface area contributed by atoms with E-state index >= 15 is 0 Å². The van der Waals surface area contributed by atoms with Crippen molar-refractivity contribution in [3.05, 3.63) is 58.2 Å². The number of aromatic amines is 1. The highest BCUT2D eigenvalue weighted by Crippen LogP contribution is 2.40. The van der Waals surface area contributed by atoms with Gasteiger partial charge >= 0.3 is 12.1 Å². The molecule has 0 aliphatic heterocycles. The Morgan fingerprint density at radius 3 is 2.63 bits per heavy atom. The summed E-state index contributed by atoms with van der Waals surface area (Å²) < 4.78 is 44.7. The molecule has 1 heterocycles. The summed E-state index contributed by atoms with van der Waals surface area (Å²) >= 11 is 7.15. The van der Waals surface area contributed by atoms with Gasteiger partial charge in [0.05, 0.1) is 17.7 Å². The second kappa shape index (κ2) is 7.48. The summed E-state index contributed by atoms with van der Waals surface area (Å²) in [5, 5.41) is 1.40. The first kappa shape index (κ1) is 19.6. The zero-order chi connectivity index (χ0) is 19.8. The fourth-order valence-electron chi connectivity index (χ4n) is 2.68. The Hall–Kier alpha value is -2.12. The Kier molecular flexibility index (Phi) is 5.44. The number of benzene rings is 2. The van der Waals surface area contributed by atoms with Crippen molar-refractivity contribution in [1.82, 2.24) is 4.98 Å². The van der Waals surface area contributed by atoms with Crippen molar-refractivity contribution < 1.29 is 22.7 Å². The van der Waals surface area contributed by atoms with E-state index in [1.807, 2.05) is 13.0 Å². The standard InChI is InChI=1S/C19H15ClF3NO2S/c1-3-26-18(25)11-6-12(19(21,22)23)8-14(7-11)27-17-10(2)24-16-9-13(20)4-5-15(16)17/h4-9,24H,3H2,1-2H3. The number of halogens is 4. The number of ether oxygens (including phenoxy) is 1. The molecule has 0 unspecified atom stereocenters. The Morgan fingerprint density at radius 2 is 1.96 bits per heavy atom. The lowest BCUT2D eigenvalue weighted by atomic mass is 10.1. The topological polar surface area (TPSA) is 42.1 Å². The molecule has 1 N–H and O–H groups in total. The molecule has 0 spiro atoms. The molecule has 0 atom stereocenters. The lowest BCUT2D eigenvalue weighted by molar-refractivity contribution is -0.137. The van der Waals surface area contributed by atoms with Crippen LogP contribution in [0.25, 0.3) is 10.9 Å². The van der Waals surface area contributed by atoms with Crippen LogP contribution in [0.4, 0.5) is 13.2 Å². The minimum atomic E-state index is -4.57. The molecule has 3 aromatic rings. The molecule has 0 aliphatic carbocycles. The molecule has 1 aromatic heterocycles. The number of rotatable bonds is 4. The van der Waals surface area contributed by atoms with Gasteiger partial charge in [-0.3, -0.25) is 0 Å². The number of aryl methyl sites for hydroxylation is 1. The van der Waals surface area contributed by atoms with Gasteiger partial charge in [0.2, 0.25) is 0 Å². The van der Waals surface area contributed by atoms with Gasteiger partial charge in [-0.1, -0.05) is 29.4 Å². The molecular weight excluding hydrogens is 399 g/mol. The molecule has 0 saturated heterocycles. The van der Waals surface area contributed by atoms with E-state index in [0.717, 1.165) is 45.4 Å². The summed E-state index contributed by atoms with van der Waals surface area (Å²) in [6.07, 6.45) is -4.57. The van der Waals surface area contributed by atoms with Gasteiger partial charge in [-0.25, -0.2) is 4.79 Å². The average molecular weight is 414 g/mol. The van der Waals surface area contributed by atoms with Crippen LogP contribution in [0.15, 0.2) is 46.2 Å². The van der Waals surface area contributed by atoms with Gasteiger partial charge in [0, 0.05) is 31.4 Å². The van der Waals surface area contributed by atoms with Crippen LogP contribution in [0.2, 0.25) is 5.02 Å². The normalized spacial score (nSPS) is 11.8. The number of fused-ring (bicyclic) bond motifs is 1. The zero-order valence-electron chi connectivity index (χ0n) is 14.4. The van der Waals surface area contributed by atoms with Gasteiger partial charge in [0.1, 0.15) is 0 Å². The Labute approximate surface area is 162 Å². The van der Waals surface area contributed by atoms with Gasteiger partial charge in [-0.05, 0) is 44.2 Å². The third kappa shape index (κ3) is 4.25. The van der Waals surface area contributed by atoms with Crippen molar-refractivity contribution in [1.29, 1.82) is 0 Å². The molecule has 0 bridgehead atoms. The number of hydrogen-bond donors (Lipinski definition) is 1. The SMILES string of the molecule is CCOC(=O)c1cc(Sc2c(C)[nH]c3cc(Cl)ccc23)cc(C(F)(F)F)c1. The lowest BCUT2D eigenvalue weighted by Crippen LogP contribution is -2.10. The highest BCUT2D eigenvalue weighted by atomic mass is 35.5. The summed E-state index contributed by atoms with van der Waals surface area (Å²) in [6, 6.07) is 8.53. The molecule has 142 valence electrons. The van der Waals surface area contributed by atoms with Crippen LogP contribution in [-0.4, -0.2) is 17.6 Å². The summed E-state index contributed by atoms with van der Waals surface area (Å²) in [5.41, 5.74) is 0.568. The van der Waals surface area contributed by atoms with Crippen molar-refractivity contribution >= 4 is 40.2 Å². The number of esters is 1. The van der Waals surface area contributed by atoms with Crippen molar-refractivity contribution in [2.75, 3.05) is 6.61 Å². The fraction of sp³-hybridized carbons (Fsp3) is 0.211. The number of alkyl halides is 3. The van der Waals surface area contributed by atoms with E-state index in [9.17, 15) is 18.0 Å². The van der Waals surface area contributed by atoms with Crippen LogP contribution in [0, 0.1) is 6.92 Å². The Balaban J connectivity index is 2.07. The minimum absolute atomic E-state index is 0.0832. The third-order valence-electron chi connectivity index (χ3n) is 3.85. The average Bonchev–Trinajstić information content (AvgIpc) is 2.88. The predicted molar refractivity (Wildman–Crippen MR) is 99.6 cm³/mol. The highest BCUT2D eigenvalue weighted by Gasteiger charge is 2.32. The number of carbonyl (C=O) groups is 1.